The van der Waals surface area contributed by atoms with Crippen LogP contribution in [0.5, 0.6) is 5.75 Å². The Balaban J connectivity index is 1.77. The zero-order valence-corrected chi connectivity index (χ0v) is 15.8. The third-order valence-corrected chi connectivity index (χ3v) is 4.93. The fourth-order valence-corrected chi connectivity index (χ4v) is 3.49. The zero-order chi connectivity index (χ0) is 18.5. The molecule has 0 saturated carbocycles. The summed E-state index contributed by atoms with van der Waals surface area (Å²) in [6, 6.07) is 14.5. The van der Waals surface area contributed by atoms with Crippen LogP contribution in [-0.2, 0) is 11.2 Å². The quantitative estimate of drug-likeness (QED) is 0.801. The second-order valence-electron chi connectivity index (χ2n) is 6.96. The topological polar surface area (TPSA) is 45.7 Å². The predicted molar refractivity (Wildman–Crippen MR) is 102 cm³/mol. The number of likely N-dealkylation sites (N-methyl/N-ethyl adjacent to an activating group) is 1. The molecule has 0 bridgehead atoms. The zero-order valence-electron chi connectivity index (χ0n) is 15.8. The molecule has 0 aliphatic carbocycles. The van der Waals surface area contributed by atoms with Crippen LogP contribution in [0.1, 0.15) is 35.8 Å². The van der Waals surface area contributed by atoms with Gasteiger partial charge in [-0.25, -0.2) is 0 Å². The van der Waals surface area contributed by atoms with Crippen molar-refractivity contribution < 1.29 is 9.53 Å². The highest BCUT2D eigenvalue weighted by molar-refractivity contribution is 5.77. The number of aromatic nitrogens is 1. The number of pyridine rings is 1. The highest BCUT2D eigenvalue weighted by Gasteiger charge is 2.29. The summed E-state index contributed by atoms with van der Waals surface area (Å²) in [5, 5.41) is 0. The molecule has 1 saturated heterocycles. The Morgan fingerprint density at radius 2 is 2.04 bits per heavy atom. The van der Waals surface area contributed by atoms with E-state index in [2.05, 4.69) is 29.2 Å². The number of ether oxygens (including phenoxy) is 1. The minimum Gasteiger partial charge on any atom is -0.496 e. The van der Waals surface area contributed by atoms with E-state index in [0.29, 0.717) is 6.54 Å². The van der Waals surface area contributed by atoms with E-state index in [1.807, 2.05) is 18.2 Å². The van der Waals surface area contributed by atoms with Crippen LogP contribution >= 0.6 is 0 Å². The van der Waals surface area contributed by atoms with Crippen LogP contribution in [-0.4, -0.2) is 55.0 Å². The van der Waals surface area contributed by atoms with Gasteiger partial charge in [-0.05, 0) is 37.6 Å². The van der Waals surface area contributed by atoms with Crippen molar-refractivity contribution in [2.45, 2.75) is 25.3 Å². The normalized spacial score (nSPS) is 17.3. The number of hydrogen-bond donors (Lipinski definition) is 0. The van der Waals surface area contributed by atoms with Gasteiger partial charge in [0.05, 0.1) is 25.4 Å². The molecule has 1 fully saturated rings. The van der Waals surface area contributed by atoms with Crippen molar-refractivity contribution in [1.29, 1.82) is 0 Å². The molecule has 26 heavy (non-hydrogen) atoms. The number of rotatable bonds is 6. The number of para-hydroxylation sites is 1. The molecule has 2 aromatic rings. The molecule has 1 amide bonds. The lowest BCUT2D eigenvalue weighted by atomic mass is 10.1. The average molecular weight is 353 g/mol. The van der Waals surface area contributed by atoms with E-state index >= 15 is 0 Å². The van der Waals surface area contributed by atoms with E-state index in [0.717, 1.165) is 48.5 Å². The van der Waals surface area contributed by atoms with Crippen LogP contribution in [0.15, 0.2) is 42.5 Å². The largest absolute Gasteiger partial charge is 0.496 e. The van der Waals surface area contributed by atoms with E-state index in [4.69, 9.17) is 9.72 Å². The minimum atomic E-state index is 0.141. The third kappa shape index (κ3) is 4.22. The van der Waals surface area contributed by atoms with Crippen molar-refractivity contribution in [3.05, 3.63) is 59.4 Å². The van der Waals surface area contributed by atoms with Crippen LogP contribution in [0.4, 0.5) is 0 Å². The first kappa shape index (κ1) is 18.4. The number of likely N-dealkylation sites (tertiary alicyclic amines) is 1. The Bertz CT molecular complexity index is 760. The van der Waals surface area contributed by atoms with Gasteiger partial charge in [0, 0.05) is 31.8 Å². The summed E-state index contributed by atoms with van der Waals surface area (Å²) in [4.78, 5) is 20.9. The van der Waals surface area contributed by atoms with Crippen LogP contribution in [0.3, 0.4) is 0 Å². The smallest absolute Gasteiger partial charge is 0.236 e. The maximum atomic E-state index is 12.1. The average Bonchev–Trinajstić information content (AvgIpc) is 3.10. The van der Waals surface area contributed by atoms with Gasteiger partial charge in [0.1, 0.15) is 5.75 Å². The molecular formula is C21H27N3O2. The molecule has 1 atom stereocenters. The second kappa shape index (κ2) is 8.32. The standard InChI is InChI=1S/C21H27N3O2/c1-23(2)21(25)15-24-13-7-11-19(24)18-10-6-9-17(22-18)14-16-8-4-5-12-20(16)26-3/h4-6,8-10,12,19H,7,11,13-15H2,1-3H3/t19-/m1/s1. The van der Waals surface area contributed by atoms with Crippen LogP contribution in [0.2, 0.25) is 0 Å². The molecule has 2 heterocycles. The van der Waals surface area contributed by atoms with Crippen molar-refractivity contribution in [1.82, 2.24) is 14.8 Å². The van der Waals surface area contributed by atoms with Gasteiger partial charge in [-0.2, -0.15) is 0 Å². The van der Waals surface area contributed by atoms with Gasteiger partial charge < -0.3 is 9.64 Å². The van der Waals surface area contributed by atoms with Crippen molar-refractivity contribution in [2.75, 3.05) is 34.3 Å². The van der Waals surface area contributed by atoms with Crippen molar-refractivity contribution in [2.24, 2.45) is 0 Å². The maximum absolute atomic E-state index is 12.1. The SMILES string of the molecule is COc1ccccc1Cc1cccc([C@H]2CCCN2CC(=O)N(C)C)n1. The number of benzene rings is 1. The Morgan fingerprint density at radius 3 is 2.81 bits per heavy atom. The number of carbonyl (C=O) groups excluding carboxylic acids is 1. The minimum absolute atomic E-state index is 0.141. The van der Waals surface area contributed by atoms with Gasteiger partial charge in [-0.15, -0.1) is 0 Å². The summed E-state index contributed by atoms with van der Waals surface area (Å²) in [6.07, 6.45) is 2.89. The Kier molecular flexibility index (Phi) is 5.89. The summed E-state index contributed by atoms with van der Waals surface area (Å²) in [7, 11) is 5.31. The van der Waals surface area contributed by atoms with Gasteiger partial charge in [-0.3, -0.25) is 14.7 Å². The fourth-order valence-electron chi connectivity index (χ4n) is 3.49. The van der Waals surface area contributed by atoms with Crippen molar-refractivity contribution in [3.8, 4) is 5.75 Å². The van der Waals surface area contributed by atoms with Crippen LogP contribution < -0.4 is 4.74 Å². The molecule has 1 aromatic carbocycles. The molecule has 5 nitrogen and oxygen atoms in total. The second-order valence-corrected chi connectivity index (χ2v) is 6.96. The Morgan fingerprint density at radius 1 is 1.23 bits per heavy atom. The molecule has 3 rings (SSSR count). The summed E-state index contributed by atoms with van der Waals surface area (Å²) in [6.45, 7) is 1.40. The summed E-state index contributed by atoms with van der Waals surface area (Å²) in [5.74, 6) is 1.03. The highest BCUT2D eigenvalue weighted by atomic mass is 16.5. The van der Waals surface area contributed by atoms with Crippen LogP contribution in [0, 0.1) is 0 Å². The number of hydrogen-bond acceptors (Lipinski definition) is 4. The van der Waals surface area contributed by atoms with Gasteiger partial charge in [0.15, 0.2) is 0 Å². The molecule has 138 valence electrons. The Hall–Kier alpha value is -2.40. The molecule has 0 radical (unpaired) electrons. The van der Waals surface area contributed by atoms with Crippen molar-refractivity contribution in [3.63, 3.8) is 0 Å². The monoisotopic (exact) mass is 353 g/mol. The van der Waals surface area contributed by atoms with Gasteiger partial charge >= 0.3 is 0 Å². The predicted octanol–water partition coefficient (Wildman–Crippen LogP) is 2.91. The van der Waals surface area contributed by atoms with E-state index in [1.54, 1.807) is 26.1 Å². The number of amides is 1. The molecule has 1 aliphatic heterocycles. The lowest BCUT2D eigenvalue weighted by molar-refractivity contribution is -0.130. The van der Waals surface area contributed by atoms with E-state index < -0.39 is 0 Å². The first-order chi connectivity index (χ1) is 12.6. The lowest BCUT2D eigenvalue weighted by Crippen LogP contribution is -2.36. The highest BCUT2D eigenvalue weighted by Crippen LogP contribution is 2.31. The number of methoxy groups -OCH3 is 1. The van der Waals surface area contributed by atoms with E-state index in [9.17, 15) is 4.79 Å². The molecular weight excluding hydrogens is 326 g/mol. The van der Waals surface area contributed by atoms with E-state index in [-0.39, 0.29) is 11.9 Å². The van der Waals surface area contributed by atoms with Gasteiger partial charge in [0.2, 0.25) is 5.91 Å². The molecule has 1 aliphatic rings. The Labute approximate surface area is 155 Å². The number of carbonyl (C=O) groups is 1. The molecule has 5 heteroatoms. The third-order valence-electron chi connectivity index (χ3n) is 4.93. The molecule has 0 unspecified atom stereocenters. The van der Waals surface area contributed by atoms with Gasteiger partial charge in [-0.1, -0.05) is 24.3 Å². The maximum Gasteiger partial charge on any atom is 0.236 e. The van der Waals surface area contributed by atoms with Gasteiger partial charge in [0.25, 0.3) is 0 Å². The molecule has 0 N–H and O–H groups in total. The van der Waals surface area contributed by atoms with Crippen molar-refractivity contribution >= 4 is 5.91 Å². The van der Waals surface area contributed by atoms with Crippen LogP contribution in [0.25, 0.3) is 0 Å². The fraction of sp³-hybridized carbons (Fsp3) is 0.429. The lowest BCUT2D eigenvalue weighted by Gasteiger charge is -2.25. The summed E-state index contributed by atoms with van der Waals surface area (Å²) < 4.78 is 5.45. The first-order valence-corrected chi connectivity index (χ1v) is 9.10. The summed E-state index contributed by atoms with van der Waals surface area (Å²) in [5.41, 5.74) is 3.21. The van der Waals surface area contributed by atoms with E-state index in [1.165, 1.54) is 0 Å². The number of nitrogens with zero attached hydrogens (tertiary/aromatic N) is 3. The summed E-state index contributed by atoms with van der Waals surface area (Å²) >= 11 is 0. The molecule has 0 spiro atoms. The molecule has 1 aromatic heterocycles. The first-order valence-electron chi connectivity index (χ1n) is 9.10.